The van der Waals surface area contributed by atoms with Crippen molar-refractivity contribution in [2.45, 2.75) is 19.4 Å². The van der Waals surface area contributed by atoms with Crippen molar-refractivity contribution in [3.8, 4) is 5.75 Å². The largest absolute Gasteiger partial charge is 0.480 e. The van der Waals surface area contributed by atoms with E-state index in [9.17, 15) is 4.79 Å². The quantitative estimate of drug-likeness (QED) is 0.885. The second kappa shape index (κ2) is 4.59. The molecule has 0 fully saturated rings. The number of anilines is 1. The van der Waals surface area contributed by atoms with Crippen molar-refractivity contribution in [1.82, 2.24) is 10.2 Å². The number of fused-ring (bicyclic) bond motifs is 1. The van der Waals surface area contributed by atoms with Crippen molar-refractivity contribution in [1.29, 1.82) is 0 Å². The number of rotatable bonds is 2. The standard InChI is InChI=1S/C13H12ClN3O2/c1-7-4-12(17-16-7)15-13(18)11-6-8-5-9(14)2-3-10(8)19-11/h2-5,11H,6H2,1H3,(H2,15,16,17,18)/t11-/m1/s1. The lowest BCUT2D eigenvalue weighted by Gasteiger charge is -2.09. The number of aromatic amines is 1. The fraction of sp³-hybridized carbons (Fsp3) is 0.231. The first-order valence-corrected chi connectivity index (χ1v) is 6.27. The average Bonchev–Trinajstić information content (AvgIpc) is 2.95. The number of hydrogen-bond acceptors (Lipinski definition) is 3. The van der Waals surface area contributed by atoms with Crippen LogP contribution in [-0.4, -0.2) is 22.2 Å². The minimum Gasteiger partial charge on any atom is -0.480 e. The second-order valence-corrected chi connectivity index (χ2v) is 4.92. The van der Waals surface area contributed by atoms with Gasteiger partial charge in [-0.3, -0.25) is 9.89 Å². The molecule has 0 saturated heterocycles. The zero-order chi connectivity index (χ0) is 13.4. The van der Waals surface area contributed by atoms with Crippen LogP contribution in [0.3, 0.4) is 0 Å². The zero-order valence-corrected chi connectivity index (χ0v) is 11.0. The van der Waals surface area contributed by atoms with E-state index in [-0.39, 0.29) is 5.91 Å². The van der Waals surface area contributed by atoms with Gasteiger partial charge in [0, 0.05) is 23.2 Å². The van der Waals surface area contributed by atoms with E-state index in [0.717, 1.165) is 11.3 Å². The van der Waals surface area contributed by atoms with Crippen LogP contribution in [0.15, 0.2) is 24.3 Å². The van der Waals surface area contributed by atoms with Gasteiger partial charge in [-0.1, -0.05) is 11.6 Å². The van der Waals surface area contributed by atoms with Gasteiger partial charge in [-0.2, -0.15) is 5.10 Å². The van der Waals surface area contributed by atoms with Crippen LogP contribution < -0.4 is 10.1 Å². The molecule has 1 amide bonds. The van der Waals surface area contributed by atoms with Gasteiger partial charge in [0.25, 0.3) is 5.91 Å². The van der Waals surface area contributed by atoms with Gasteiger partial charge in [-0.25, -0.2) is 0 Å². The van der Waals surface area contributed by atoms with Gasteiger partial charge in [0.05, 0.1) is 0 Å². The summed E-state index contributed by atoms with van der Waals surface area (Å²) in [6, 6.07) is 7.11. The Morgan fingerprint density at radius 2 is 2.37 bits per heavy atom. The number of benzene rings is 1. The Kier molecular flexibility index (Phi) is 2.91. The molecule has 1 aromatic carbocycles. The predicted octanol–water partition coefficient (Wildman–Crippen LogP) is 2.31. The zero-order valence-electron chi connectivity index (χ0n) is 10.2. The number of carbonyl (C=O) groups is 1. The van der Waals surface area contributed by atoms with E-state index in [0.29, 0.717) is 23.0 Å². The molecule has 6 heteroatoms. The average molecular weight is 278 g/mol. The topological polar surface area (TPSA) is 67.0 Å². The van der Waals surface area contributed by atoms with Crippen molar-refractivity contribution in [3.05, 3.63) is 40.5 Å². The molecule has 19 heavy (non-hydrogen) atoms. The Labute approximate surface area is 114 Å². The number of amides is 1. The SMILES string of the molecule is Cc1cc(NC(=O)[C@H]2Cc3cc(Cl)ccc3O2)n[nH]1. The monoisotopic (exact) mass is 277 g/mol. The Balaban J connectivity index is 1.70. The number of ether oxygens (including phenoxy) is 1. The number of hydrogen-bond donors (Lipinski definition) is 2. The molecule has 0 aliphatic carbocycles. The molecule has 5 nitrogen and oxygen atoms in total. The molecule has 2 aromatic rings. The van der Waals surface area contributed by atoms with E-state index < -0.39 is 6.10 Å². The number of nitrogens with zero attached hydrogens (tertiary/aromatic N) is 1. The van der Waals surface area contributed by atoms with E-state index in [1.165, 1.54) is 0 Å². The highest BCUT2D eigenvalue weighted by Gasteiger charge is 2.29. The van der Waals surface area contributed by atoms with E-state index in [1.807, 2.05) is 13.0 Å². The van der Waals surface area contributed by atoms with Crippen LogP contribution in [0.4, 0.5) is 5.82 Å². The lowest BCUT2D eigenvalue weighted by molar-refractivity contribution is -0.122. The number of H-pyrrole nitrogens is 1. The van der Waals surface area contributed by atoms with Crippen LogP contribution >= 0.6 is 11.6 Å². The molecule has 0 saturated carbocycles. The van der Waals surface area contributed by atoms with E-state index in [1.54, 1.807) is 18.2 Å². The van der Waals surface area contributed by atoms with Crippen molar-refractivity contribution in [2.24, 2.45) is 0 Å². The molecule has 0 bridgehead atoms. The first-order chi connectivity index (χ1) is 9.11. The van der Waals surface area contributed by atoms with Gasteiger partial charge in [-0.15, -0.1) is 0 Å². The van der Waals surface area contributed by atoms with Crippen LogP contribution in [0.2, 0.25) is 5.02 Å². The summed E-state index contributed by atoms with van der Waals surface area (Å²) in [6.45, 7) is 1.87. The summed E-state index contributed by atoms with van der Waals surface area (Å²) in [5, 5.41) is 10.1. The molecule has 0 radical (unpaired) electrons. The number of halogens is 1. The summed E-state index contributed by atoms with van der Waals surface area (Å²) in [5.41, 5.74) is 1.84. The van der Waals surface area contributed by atoms with Crippen molar-refractivity contribution < 1.29 is 9.53 Å². The van der Waals surface area contributed by atoms with Gasteiger partial charge >= 0.3 is 0 Å². The maximum absolute atomic E-state index is 12.1. The van der Waals surface area contributed by atoms with E-state index in [2.05, 4.69) is 15.5 Å². The maximum atomic E-state index is 12.1. The highest BCUT2D eigenvalue weighted by atomic mass is 35.5. The van der Waals surface area contributed by atoms with Crippen LogP contribution in [-0.2, 0) is 11.2 Å². The maximum Gasteiger partial charge on any atom is 0.266 e. The molecular weight excluding hydrogens is 266 g/mol. The minimum absolute atomic E-state index is 0.209. The van der Waals surface area contributed by atoms with Crippen LogP contribution in [0.25, 0.3) is 0 Å². The number of aromatic nitrogens is 2. The Hall–Kier alpha value is -2.01. The first-order valence-electron chi connectivity index (χ1n) is 5.90. The molecule has 2 N–H and O–H groups in total. The minimum atomic E-state index is -0.537. The highest BCUT2D eigenvalue weighted by molar-refractivity contribution is 6.30. The number of aryl methyl sites for hydroxylation is 1. The first kappa shape index (κ1) is 12.0. The molecule has 1 aromatic heterocycles. The normalized spacial score (nSPS) is 16.8. The third kappa shape index (κ3) is 2.42. The molecule has 1 atom stereocenters. The Morgan fingerprint density at radius 3 is 3.11 bits per heavy atom. The second-order valence-electron chi connectivity index (χ2n) is 4.49. The number of carbonyl (C=O) groups excluding carboxylic acids is 1. The molecular formula is C13H12ClN3O2. The highest BCUT2D eigenvalue weighted by Crippen LogP contribution is 2.31. The van der Waals surface area contributed by atoms with Gasteiger partial charge in [0.2, 0.25) is 0 Å². The summed E-state index contributed by atoms with van der Waals surface area (Å²) >= 11 is 5.91. The number of nitrogens with one attached hydrogen (secondary N) is 2. The third-order valence-electron chi connectivity index (χ3n) is 2.95. The molecule has 98 valence electrons. The molecule has 3 rings (SSSR count). The van der Waals surface area contributed by atoms with Crippen molar-refractivity contribution in [3.63, 3.8) is 0 Å². The Morgan fingerprint density at radius 1 is 1.53 bits per heavy atom. The lowest BCUT2D eigenvalue weighted by Crippen LogP contribution is -2.31. The molecule has 1 aliphatic rings. The summed E-state index contributed by atoms with van der Waals surface area (Å²) in [7, 11) is 0. The Bertz CT molecular complexity index is 639. The van der Waals surface area contributed by atoms with Crippen LogP contribution in [0.5, 0.6) is 5.75 Å². The van der Waals surface area contributed by atoms with Crippen molar-refractivity contribution >= 4 is 23.3 Å². The molecule has 0 spiro atoms. The van der Waals surface area contributed by atoms with Gasteiger partial charge in [-0.05, 0) is 30.7 Å². The summed E-state index contributed by atoms with van der Waals surface area (Å²) < 4.78 is 5.59. The van der Waals surface area contributed by atoms with E-state index >= 15 is 0 Å². The van der Waals surface area contributed by atoms with Crippen molar-refractivity contribution in [2.75, 3.05) is 5.32 Å². The fourth-order valence-electron chi connectivity index (χ4n) is 2.05. The molecule has 2 heterocycles. The van der Waals surface area contributed by atoms with Crippen LogP contribution in [0.1, 0.15) is 11.3 Å². The molecule has 1 aliphatic heterocycles. The van der Waals surface area contributed by atoms with Gasteiger partial charge in [0.1, 0.15) is 5.75 Å². The molecule has 0 unspecified atom stereocenters. The van der Waals surface area contributed by atoms with Gasteiger partial charge in [0.15, 0.2) is 11.9 Å². The third-order valence-corrected chi connectivity index (χ3v) is 3.18. The summed E-state index contributed by atoms with van der Waals surface area (Å²) in [4.78, 5) is 12.1. The summed E-state index contributed by atoms with van der Waals surface area (Å²) in [6.07, 6.45) is -0.0176. The fourth-order valence-corrected chi connectivity index (χ4v) is 2.25. The summed E-state index contributed by atoms with van der Waals surface area (Å²) in [5.74, 6) is 1.00. The smallest absolute Gasteiger partial charge is 0.266 e. The van der Waals surface area contributed by atoms with E-state index in [4.69, 9.17) is 16.3 Å². The van der Waals surface area contributed by atoms with Gasteiger partial charge < -0.3 is 10.1 Å². The predicted molar refractivity (Wildman–Crippen MR) is 71.5 cm³/mol. The lowest BCUT2D eigenvalue weighted by atomic mass is 10.1. The van der Waals surface area contributed by atoms with Crippen LogP contribution in [0, 0.1) is 6.92 Å².